The van der Waals surface area contributed by atoms with Crippen molar-refractivity contribution in [1.29, 1.82) is 0 Å². The molecule has 0 saturated heterocycles. The van der Waals surface area contributed by atoms with E-state index in [0.717, 1.165) is 29.8 Å². The van der Waals surface area contributed by atoms with Crippen LogP contribution in [0.1, 0.15) is 58.1 Å². The minimum absolute atomic E-state index is 0.428. The van der Waals surface area contributed by atoms with Gasteiger partial charge in [-0.05, 0) is 48.8 Å². The lowest BCUT2D eigenvalue weighted by Gasteiger charge is -2.17. The number of hydrogen-bond acceptors (Lipinski definition) is 3. The van der Waals surface area contributed by atoms with Crippen LogP contribution < -0.4 is 5.73 Å². The molecule has 0 fully saturated rings. The molecule has 2 heterocycles. The Morgan fingerprint density at radius 2 is 1.96 bits per heavy atom. The van der Waals surface area contributed by atoms with Gasteiger partial charge in [-0.15, -0.1) is 0 Å². The topological polar surface area (TPSA) is 51.3 Å². The number of fused-ring (bicyclic) bond motifs is 3. The largest absolute Gasteiger partial charge is 0.382 e. The first-order valence-corrected chi connectivity index (χ1v) is 8.59. The summed E-state index contributed by atoms with van der Waals surface area (Å²) in [5, 5.41) is 1.20. The van der Waals surface area contributed by atoms with Gasteiger partial charge in [0.1, 0.15) is 11.5 Å². The van der Waals surface area contributed by atoms with Crippen molar-refractivity contribution in [3.63, 3.8) is 0 Å². The van der Waals surface area contributed by atoms with E-state index in [1.165, 1.54) is 35.8 Å². The maximum atomic E-state index is 6.10. The van der Waals surface area contributed by atoms with Gasteiger partial charge in [0.2, 0.25) is 0 Å². The quantitative estimate of drug-likeness (QED) is 0.787. The van der Waals surface area contributed by atoms with Gasteiger partial charge in [-0.3, -0.25) is 4.99 Å². The third kappa shape index (κ3) is 3.54. The van der Waals surface area contributed by atoms with E-state index in [-0.39, 0.29) is 0 Å². The number of aromatic nitrogens is 1. The third-order valence-electron chi connectivity index (χ3n) is 4.53. The van der Waals surface area contributed by atoms with E-state index in [9.17, 15) is 0 Å². The Kier molecular flexibility index (Phi) is 4.13. The number of anilines is 1. The molecule has 2 N–H and O–H groups in total. The first-order valence-electron chi connectivity index (χ1n) is 8.59. The number of rotatable bonds is 4. The Hall–Kier alpha value is -1.90. The molecule has 0 bridgehead atoms. The highest BCUT2D eigenvalue weighted by Crippen LogP contribution is 2.37. The van der Waals surface area contributed by atoms with Crippen molar-refractivity contribution in [1.82, 2.24) is 4.98 Å². The molecule has 122 valence electrons. The molecular weight excluding hydrogens is 282 g/mol. The standard InChI is InChI=1S/C20H27N3/c1-13-11-16-15-9-8-14(7-5-6-10-20(2,3)4)12-17(15)23-19(21)18(16)22-13/h8-9,12H,5-7,10-11H2,1-4H3,(H2,21,23). The Bertz CT molecular complexity index is 767. The summed E-state index contributed by atoms with van der Waals surface area (Å²) in [6.45, 7) is 8.97. The van der Waals surface area contributed by atoms with Crippen molar-refractivity contribution in [3.8, 4) is 0 Å². The molecule has 23 heavy (non-hydrogen) atoms. The summed E-state index contributed by atoms with van der Waals surface area (Å²) in [5.41, 5.74) is 12.1. The summed E-state index contributed by atoms with van der Waals surface area (Å²) >= 11 is 0. The van der Waals surface area contributed by atoms with Crippen molar-refractivity contribution in [2.24, 2.45) is 10.4 Å². The second kappa shape index (κ2) is 5.95. The fourth-order valence-electron chi connectivity index (χ4n) is 3.32. The van der Waals surface area contributed by atoms with Gasteiger partial charge < -0.3 is 5.73 Å². The zero-order valence-electron chi connectivity index (χ0n) is 14.7. The number of aliphatic imine (C=N–C) groups is 1. The minimum atomic E-state index is 0.428. The zero-order valence-corrected chi connectivity index (χ0v) is 14.7. The number of unbranched alkanes of at least 4 members (excludes halogenated alkanes) is 1. The van der Waals surface area contributed by atoms with Crippen LogP contribution in [0.25, 0.3) is 10.9 Å². The molecule has 3 heteroatoms. The third-order valence-corrected chi connectivity index (χ3v) is 4.53. The number of nitrogens with zero attached hydrogens (tertiary/aromatic N) is 2. The SMILES string of the molecule is CC1=Nc2c(N)nc3cc(CCCCC(C)(C)C)ccc3c2C1. The summed E-state index contributed by atoms with van der Waals surface area (Å²) in [7, 11) is 0. The van der Waals surface area contributed by atoms with Gasteiger partial charge in [-0.1, -0.05) is 39.3 Å². The van der Waals surface area contributed by atoms with Crippen molar-refractivity contribution >= 4 is 28.1 Å². The second-order valence-electron chi connectivity index (χ2n) is 7.97. The summed E-state index contributed by atoms with van der Waals surface area (Å²) < 4.78 is 0. The van der Waals surface area contributed by atoms with Gasteiger partial charge in [0.25, 0.3) is 0 Å². The molecule has 2 aromatic rings. The first-order chi connectivity index (χ1) is 10.8. The van der Waals surface area contributed by atoms with Crippen molar-refractivity contribution in [2.45, 2.75) is 59.8 Å². The summed E-state index contributed by atoms with van der Waals surface area (Å²) in [4.78, 5) is 9.12. The van der Waals surface area contributed by atoms with Gasteiger partial charge in [0.05, 0.1) is 5.52 Å². The van der Waals surface area contributed by atoms with Crippen LogP contribution in [0.2, 0.25) is 0 Å². The molecule has 1 aromatic heterocycles. The molecule has 0 unspecified atom stereocenters. The smallest absolute Gasteiger partial charge is 0.150 e. The van der Waals surface area contributed by atoms with Crippen LogP contribution >= 0.6 is 0 Å². The molecule has 0 atom stereocenters. The summed E-state index contributed by atoms with van der Waals surface area (Å²) in [5.74, 6) is 0.564. The number of nitrogens with two attached hydrogens (primary N) is 1. The van der Waals surface area contributed by atoms with Crippen LogP contribution in [0.4, 0.5) is 11.5 Å². The maximum absolute atomic E-state index is 6.10. The lowest BCUT2D eigenvalue weighted by molar-refractivity contribution is 0.360. The van der Waals surface area contributed by atoms with Gasteiger partial charge in [0.15, 0.2) is 0 Å². The van der Waals surface area contributed by atoms with Crippen LogP contribution in [0.5, 0.6) is 0 Å². The van der Waals surface area contributed by atoms with E-state index < -0.39 is 0 Å². The fourth-order valence-corrected chi connectivity index (χ4v) is 3.32. The van der Waals surface area contributed by atoms with E-state index in [4.69, 9.17) is 5.73 Å². The Balaban J connectivity index is 1.78. The maximum Gasteiger partial charge on any atom is 0.150 e. The van der Waals surface area contributed by atoms with Crippen LogP contribution in [-0.4, -0.2) is 10.7 Å². The normalized spacial score (nSPS) is 14.2. The van der Waals surface area contributed by atoms with E-state index in [1.54, 1.807) is 0 Å². The second-order valence-corrected chi connectivity index (χ2v) is 7.97. The summed E-state index contributed by atoms with van der Waals surface area (Å²) in [6.07, 6.45) is 5.78. The fraction of sp³-hybridized carbons (Fsp3) is 0.500. The average molecular weight is 309 g/mol. The number of hydrogen-bond donors (Lipinski definition) is 1. The highest BCUT2D eigenvalue weighted by Gasteiger charge is 2.19. The number of aryl methyl sites for hydroxylation is 1. The van der Waals surface area contributed by atoms with Crippen molar-refractivity contribution in [2.75, 3.05) is 5.73 Å². The molecule has 3 rings (SSSR count). The van der Waals surface area contributed by atoms with Crippen molar-refractivity contribution in [3.05, 3.63) is 29.3 Å². The monoisotopic (exact) mass is 309 g/mol. The lowest BCUT2D eigenvalue weighted by Crippen LogP contribution is -2.04. The predicted molar refractivity (Wildman–Crippen MR) is 99.6 cm³/mol. The molecule has 1 aromatic carbocycles. The molecular formula is C20H27N3. The Morgan fingerprint density at radius 1 is 1.17 bits per heavy atom. The van der Waals surface area contributed by atoms with Gasteiger partial charge in [-0.25, -0.2) is 4.98 Å². The lowest BCUT2D eigenvalue weighted by atomic mass is 9.89. The molecule has 0 saturated carbocycles. The van der Waals surface area contributed by atoms with Crippen molar-refractivity contribution < 1.29 is 0 Å². The van der Waals surface area contributed by atoms with E-state index in [0.29, 0.717) is 11.2 Å². The van der Waals surface area contributed by atoms with Gasteiger partial charge in [-0.2, -0.15) is 0 Å². The number of nitrogen functional groups attached to an aromatic ring is 1. The van der Waals surface area contributed by atoms with E-state index >= 15 is 0 Å². The molecule has 0 spiro atoms. The highest BCUT2D eigenvalue weighted by molar-refractivity contribution is 6.02. The Labute approximate surface area is 139 Å². The molecule has 1 aliphatic rings. The van der Waals surface area contributed by atoms with Gasteiger partial charge >= 0.3 is 0 Å². The predicted octanol–water partition coefficient (Wildman–Crippen LogP) is 5.22. The molecule has 3 nitrogen and oxygen atoms in total. The molecule has 1 aliphatic heterocycles. The average Bonchev–Trinajstić information content (AvgIpc) is 2.85. The van der Waals surface area contributed by atoms with Crippen LogP contribution in [0.15, 0.2) is 23.2 Å². The Morgan fingerprint density at radius 3 is 2.70 bits per heavy atom. The van der Waals surface area contributed by atoms with Gasteiger partial charge in [0, 0.05) is 17.5 Å². The first kappa shape index (κ1) is 16.0. The number of benzene rings is 1. The zero-order chi connectivity index (χ0) is 16.6. The van der Waals surface area contributed by atoms with Crippen LogP contribution in [0, 0.1) is 5.41 Å². The molecule has 0 amide bonds. The highest BCUT2D eigenvalue weighted by atomic mass is 14.9. The van der Waals surface area contributed by atoms with E-state index in [2.05, 4.69) is 55.9 Å². The van der Waals surface area contributed by atoms with Crippen LogP contribution in [-0.2, 0) is 12.8 Å². The summed E-state index contributed by atoms with van der Waals surface area (Å²) in [6, 6.07) is 6.65. The molecule has 0 radical (unpaired) electrons. The minimum Gasteiger partial charge on any atom is -0.382 e. The van der Waals surface area contributed by atoms with Crippen LogP contribution in [0.3, 0.4) is 0 Å². The molecule has 0 aliphatic carbocycles. The van der Waals surface area contributed by atoms with E-state index in [1.807, 2.05) is 0 Å². The number of pyridine rings is 1.